The second-order valence-corrected chi connectivity index (χ2v) is 6.60. The van der Waals surface area contributed by atoms with Crippen LogP contribution in [0.3, 0.4) is 0 Å². The van der Waals surface area contributed by atoms with Crippen LogP contribution in [0.4, 0.5) is 10.1 Å². The molecule has 0 aliphatic heterocycles. The van der Waals surface area contributed by atoms with E-state index in [1.165, 1.54) is 34.9 Å². The number of anilines is 1. The molecule has 0 fully saturated rings. The van der Waals surface area contributed by atoms with E-state index in [4.69, 9.17) is 11.6 Å². The largest absolute Gasteiger partial charge is 0.324 e. The van der Waals surface area contributed by atoms with Gasteiger partial charge >= 0.3 is 0 Å². The topological polar surface area (TPSA) is 64.0 Å². The number of aromatic nitrogens is 2. The summed E-state index contributed by atoms with van der Waals surface area (Å²) in [4.78, 5) is 29.3. The molecule has 27 heavy (non-hydrogen) atoms. The number of benzene rings is 2. The Morgan fingerprint density at radius 1 is 1.15 bits per heavy atom. The third-order valence-corrected chi connectivity index (χ3v) is 4.25. The summed E-state index contributed by atoms with van der Waals surface area (Å²) in [5, 5.41) is 3.26. The van der Waals surface area contributed by atoms with Gasteiger partial charge < -0.3 is 5.32 Å². The lowest BCUT2D eigenvalue weighted by molar-refractivity contribution is -0.116. The van der Waals surface area contributed by atoms with Gasteiger partial charge in [0, 0.05) is 28.0 Å². The van der Waals surface area contributed by atoms with Crippen molar-refractivity contribution in [2.24, 2.45) is 0 Å². The van der Waals surface area contributed by atoms with Crippen LogP contribution < -0.4 is 10.9 Å². The van der Waals surface area contributed by atoms with Crippen molar-refractivity contribution in [3.63, 3.8) is 0 Å². The van der Waals surface area contributed by atoms with Crippen molar-refractivity contribution in [1.29, 1.82) is 0 Å². The molecule has 3 rings (SSSR count). The molecule has 1 heterocycles. The molecule has 0 saturated carbocycles. The zero-order valence-electron chi connectivity index (χ0n) is 14.8. The summed E-state index contributed by atoms with van der Waals surface area (Å²) in [5.74, 6) is -0.482. The van der Waals surface area contributed by atoms with Crippen LogP contribution in [0.2, 0.25) is 5.02 Å². The Balaban J connectivity index is 1.94. The Morgan fingerprint density at radius 2 is 1.85 bits per heavy atom. The van der Waals surface area contributed by atoms with Gasteiger partial charge in [-0.2, -0.15) is 0 Å². The van der Waals surface area contributed by atoms with Crippen LogP contribution in [-0.2, 0) is 11.3 Å². The zero-order valence-corrected chi connectivity index (χ0v) is 15.5. The lowest BCUT2D eigenvalue weighted by atomic mass is 10.2. The normalized spacial score (nSPS) is 10.7. The summed E-state index contributed by atoms with van der Waals surface area (Å²) in [6, 6.07) is 12.1. The zero-order chi connectivity index (χ0) is 19.6. The van der Waals surface area contributed by atoms with E-state index in [0.29, 0.717) is 27.8 Å². The van der Waals surface area contributed by atoms with Crippen LogP contribution in [0.25, 0.3) is 11.4 Å². The first-order chi connectivity index (χ1) is 12.8. The highest BCUT2D eigenvalue weighted by Crippen LogP contribution is 2.21. The molecule has 0 atom stereocenters. The number of rotatable bonds is 4. The van der Waals surface area contributed by atoms with Gasteiger partial charge in [0.2, 0.25) is 5.91 Å². The van der Waals surface area contributed by atoms with Crippen molar-refractivity contribution < 1.29 is 9.18 Å². The second-order valence-electron chi connectivity index (χ2n) is 6.16. The van der Waals surface area contributed by atoms with Crippen LogP contribution in [0.5, 0.6) is 0 Å². The van der Waals surface area contributed by atoms with Crippen LogP contribution in [0.1, 0.15) is 11.3 Å². The summed E-state index contributed by atoms with van der Waals surface area (Å²) in [6.45, 7) is 3.30. The Kier molecular flexibility index (Phi) is 5.37. The molecule has 1 amide bonds. The number of carbonyl (C=O) groups is 1. The molecule has 0 saturated heterocycles. The fourth-order valence-electron chi connectivity index (χ4n) is 2.66. The molecule has 0 bridgehead atoms. The number of hydrogen-bond donors (Lipinski definition) is 1. The molecule has 5 nitrogen and oxygen atoms in total. The van der Waals surface area contributed by atoms with Gasteiger partial charge in [0.15, 0.2) is 0 Å². The van der Waals surface area contributed by atoms with Crippen molar-refractivity contribution in [1.82, 2.24) is 9.55 Å². The molecule has 3 aromatic rings. The fourth-order valence-corrected chi connectivity index (χ4v) is 2.83. The van der Waals surface area contributed by atoms with E-state index in [2.05, 4.69) is 10.3 Å². The molecule has 0 radical (unpaired) electrons. The number of halogens is 2. The van der Waals surface area contributed by atoms with Crippen LogP contribution >= 0.6 is 11.6 Å². The molecule has 0 unspecified atom stereocenters. The van der Waals surface area contributed by atoms with Gasteiger partial charge in [-0.3, -0.25) is 14.2 Å². The summed E-state index contributed by atoms with van der Waals surface area (Å²) in [6.07, 6.45) is 0. The summed E-state index contributed by atoms with van der Waals surface area (Å²) < 4.78 is 14.5. The minimum absolute atomic E-state index is 0.231. The maximum atomic E-state index is 13.2. The number of amides is 1. The minimum atomic E-state index is -0.394. The number of nitrogens with one attached hydrogen (secondary N) is 1. The molecular formula is C20H17ClFN3O2. The van der Waals surface area contributed by atoms with Gasteiger partial charge in [-0.25, -0.2) is 9.37 Å². The Hall–Kier alpha value is -2.99. The lowest BCUT2D eigenvalue weighted by Gasteiger charge is -2.14. The standard InChI is InChI=1S/C20H17ClFN3O2/c1-12-3-6-15(21)10-17(12)24-18(26)11-25-19(27)9-13(2)23-20(25)14-4-7-16(22)8-5-14/h3-10H,11H2,1-2H3,(H,24,26). The number of nitrogens with zero attached hydrogens (tertiary/aromatic N) is 2. The Bertz CT molecular complexity index is 1060. The average Bonchev–Trinajstić information content (AvgIpc) is 2.61. The van der Waals surface area contributed by atoms with E-state index < -0.39 is 11.7 Å². The highest BCUT2D eigenvalue weighted by Gasteiger charge is 2.14. The molecule has 138 valence electrons. The van der Waals surface area contributed by atoms with Crippen LogP contribution in [0.15, 0.2) is 53.3 Å². The molecule has 7 heteroatoms. The molecule has 0 aliphatic carbocycles. The maximum absolute atomic E-state index is 13.2. The fraction of sp³-hybridized carbons (Fsp3) is 0.150. The first-order valence-electron chi connectivity index (χ1n) is 8.24. The number of aryl methyl sites for hydroxylation is 2. The smallest absolute Gasteiger partial charge is 0.254 e. The monoisotopic (exact) mass is 385 g/mol. The predicted octanol–water partition coefficient (Wildman–Crippen LogP) is 3.96. The Labute approximate surface area is 160 Å². The van der Waals surface area contributed by atoms with E-state index >= 15 is 0 Å². The second kappa shape index (κ2) is 7.72. The van der Waals surface area contributed by atoms with Gasteiger partial charge in [0.25, 0.3) is 5.56 Å². The SMILES string of the molecule is Cc1cc(=O)n(CC(=O)Nc2cc(Cl)ccc2C)c(-c2ccc(F)cc2)n1. The van der Waals surface area contributed by atoms with Crippen molar-refractivity contribution in [3.8, 4) is 11.4 Å². The summed E-state index contributed by atoms with van der Waals surface area (Å²) in [5.41, 5.74) is 2.12. The lowest BCUT2D eigenvalue weighted by Crippen LogP contribution is -2.29. The predicted molar refractivity (Wildman–Crippen MR) is 103 cm³/mol. The average molecular weight is 386 g/mol. The van der Waals surface area contributed by atoms with Gasteiger partial charge in [-0.05, 0) is 55.8 Å². The molecule has 1 aromatic heterocycles. The van der Waals surface area contributed by atoms with E-state index in [1.54, 1.807) is 25.1 Å². The molecule has 0 spiro atoms. The highest BCUT2D eigenvalue weighted by molar-refractivity contribution is 6.31. The number of hydrogen-bond acceptors (Lipinski definition) is 3. The van der Waals surface area contributed by atoms with E-state index in [9.17, 15) is 14.0 Å². The van der Waals surface area contributed by atoms with Crippen LogP contribution in [-0.4, -0.2) is 15.5 Å². The van der Waals surface area contributed by atoms with Crippen molar-refractivity contribution >= 4 is 23.2 Å². The van der Waals surface area contributed by atoms with Crippen LogP contribution in [0, 0.1) is 19.7 Å². The Morgan fingerprint density at radius 3 is 2.56 bits per heavy atom. The van der Waals surface area contributed by atoms with E-state index in [-0.39, 0.29) is 12.1 Å². The van der Waals surface area contributed by atoms with Gasteiger partial charge in [0.05, 0.1) is 0 Å². The maximum Gasteiger partial charge on any atom is 0.254 e. The molecule has 2 aromatic carbocycles. The van der Waals surface area contributed by atoms with E-state index in [0.717, 1.165) is 5.56 Å². The summed E-state index contributed by atoms with van der Waals surface area (Å²) >= 11 is 5.97. The quantitative estimate of drug-likeness (QED) is 0.739. The molecule has 1 N–H and O–H groups in total. The molecular weight excluding hydrogens is 369 g/mol. The van der Waals surface area contributed by atoms with Gasteiger partial charge in [0.1, 0.15) is 18.2 Å². The van der Waals surface area contributed by atoms with Crippen molar-refractivity contribution in [2.75, 3.05) is 5.32 Å². The minimum Gasteiger partial charge on any atom is -0.324 e. The summed E-state index contributed by atoms with van der Waals surface area (Å²) in [7, 11) is 0. The van der Waals surface area contributed by atoms with E-state index in [1.807, 2.05) is 6.92 Å². The first-order valence-corrected chi connectivity index (χ1v) is 8.62. The van der Waals surface area contributed by atoms with Crippen molar-refractivity contribution in [2.45, 2.75) is 20.4 Å². The third-order valence-electron chi connectivity index (χ3n) is 4.01. The van der Waals surface area contributed by atoms with Gasteiger partial charge in [-0.15, -0.1) is 0 Å². The van der Waals surface area contributed by atoms with Crippen molar-refractivity contribution in [3.05, 3.63) is 81.0 Å². The first kappa shape index (κ1) is 18.8. The highest BCUT2D eigenvalue weighted by atomic mass is 35.5. The van der Waals surface area contributed by atoms with Gasteiger partial charge in [-0.1, -0.05) is 17.7 Å². The molecule has 0 aliphatic rings. The number of carbonyl (C=O) groups excluding carboxylic acids is 1. The third kappa shape index (κ3) is 4.41.